The number of rotatable bonds is 4. The third-order valence-corrected chi connectivity index (χ3v) is 4.46. The SMILES string of the molecule is CCCC1(O)CN(S(=O)(=O)c2cnc[nH]2)C1. The van der Waals surface area contributed by atoms with Gasteiger partial charge in [0.15, 0.2) is 5.03 Å². The van der Waals surface area contributed by atoms with Crippen LogP contribution >= 0.6 is 0 Å². The van der Waals surface area contributed by atoms with Gasteiger partial charge in [-0.05, 0) is 6.42 Å². The van der Waals surface area contributed by atoms with Crippen LogP contribution in [0.3, 0.4) is 0 Å². The molecule has 6 nitrogen and oxygen atoms in total. The molecule has 16 heavy (non-hydrogen) atoms. The van der Waals surface area contributed by atoms with Crippen molar-refractivity contribution < 1.29 is 13.5 Å². The normalized spacial score (nSPS) is 20.6. The number of aromatic amines is 1. The first-order chi connectivity index (χ1) is 7.48. The van der Waals surface area contributed by atoms with Crippen LogP contribution in [0.25, 0.3) is 0 Å². The standard InChI is InChI=1S/C9H15N3O3S/c1-2-3-9(13)5-12(6-9)16(14,15)8-4-10-7-11-8/h4,7,13H,2-3,5-6H2,1H3,(H,10,11). The predicted octanol–water partition coefficient (Wildman–Crippen LogP) is -0.0548. The van der Waals surface area contributed by atoms with Gasteiger partial charge in [-0.3, -0.25) is 0 Å². The van der Waals surface area contributed by atoms with Crippen LogP contribution in [0.2, 0.25) is 0 Å². The summed E-state index contributed by atoms with van der Waals surface area (Å²) < 4.78 is 25.1. The summed E-state index contributed by atoms with van der Waals surface area (Å²) in [7, 11) is -3.49. The molecule has 0 bridgehead atoms. The van der Waals surface area contributed by atoms with Crippen molar-refractivity contribution in [2.45, 2.75) is 30.4 Å². The number of H-pyrrole nitrogens is 1. The molecule has 1 aromatic heterocycles. The summed E-state index contributed by atoms with van der Waals surface area (Å²) in [5.74, 6) is 0. The van der Waals surface area contributed by atoms with E-state index in [1.54, 1.807) is 0 Å². The predicted molar refractivity (Wildman–Crippen MR) is 57.2 cm³/mol. The Balaban J connectivity index is 2.08. The van der Waals surface area contributed by atoms with Gasteiger partial charge in [-0.1, -0.05) is 13.3 Å². The molecule has 90 valence electrons. The van der Waals surface area contributed by atoms with Crippen LogP contribution in [0.4, 0.5) is 0 Å². The first-order valence-corrected chi connectivity index (χ1v) is 6.63. The monoisotopic (exact) mass is 245 g/mol. The van der Waals surface area contributed by atoms with Crippen LogP contribution in [0.15, 0.2) is 17.6 Å². The van der Waals surface area contributed by atoms with Crippen LogP contribution in [-0.2, 0) is 10.0 Å². The zero-order valence-corrected chi connectivity index (χ0v) is 9.87. The van der Waals surface area contributed by atoms with Gasteiger partial charge >= 0.3 is 0 Å². The maximum absolute atomic E-state index is 11.9. The second kappa shape index (κ2) is 3.83. The lowest BCUT2D eigenvalue weighted by Gasteiger charge is -2.45. The Morgan fingerprint density at radius 2 is 2.31 bits per heavy atom. The summed E-state index contributed by atoms with van der Waals surface area (Å²) in [6, 6.07) is 0. The Morgan fingerprint density at radius 3 is 2.81 bits per heavy atom. The molecule has 1 saturated heterocycles. The van der Waals surface area contributed by atoms with E-state index in [4.69, 9.17) is 0 Å². The van der Waals surface area contributed by atoms with E-state index in [0.717, 1.165) is 6.42 Å². The molecule has 2 heterocycles. The van der Waals surface area contributed by atoms with Gasteiger partial charge in [-0.25, -0.2) is 13.4 Å². The zero-order valence-electron chi connectivity index (χ0n) is 9.05. The average Bonchev–Trinajstić information content (AvgIpc) is 2.67. The number of aromatic nitrogens is 2. The Labute approximate surface area is 94.4 Å². The molecule has 2 rings (SSSR count). The van der Waals surface area contributed by atoms with Crippen LogP contribution in [0.1, 0.15) is 19.8 Å². The summed E-state index contributed by atoms with van der Waals surface area (Å²) in [6.07, 6.45) is 4.06. The van der Waals surface area contributed by atoms with Gasteiger partial charge in [0, 0.05) is 13.1 Å². The highest BCUT2D eigenvalue weighted by Gasteiger charge is 2.46. The largest absolute Gasteiger partial charge is 0.387 e. The van der Waals surface area contributed by atoms with Gasteiger partial charge in [0.05, 0.1) is 18.1 Å². The van der Waals surface area contributed by atoms with Gasteiger partial charge in [0.1, 0.15) is 0 Å². The van der Waals surface area contributed by atoms with E-state index in [1.165, 1.54) is 16.8 Å². The molecular weight excluding hydrogens is 230 g/mol. The highest BCUT2D eigenvalue weighted by molar-refractivity contribution is 7.89. The Bertz CT molecular complexity index is 448. The minimum atomic E-state index is -3.49. The molecule has 1 aromatic rings. The van der Waals surface area contributed by atoms with E-state index in [2.05, 4.69) is 9.97 Å². The third kappa shape index (κ3) is 1.85. The molecule has 0 aromatic carbocycles. The summed E-state index contributed by atoms with van der Waals surface area (Å²) in [6.45, 7) is 2.30. The molecule has 0 radical (unpaired) electrons. The minimum Gasteiger partial charge on any atom is -0.387 e. The van der Waals surface area contributed by atoms with E-state index in [-0.39, 0.29) is 18.1 Å². The van der Waals surface area contributed by atoms with Crippen molar-refractivity contribution in [2.75, 3.05) is 13.1 Å². The highest BCUT2D eigenvalue weighted by Crippen LogP contribution is 2.30. The number of sulfonamides is 1. The Kier molecular flexibility index (Phi) is 2.77. The number of imidazole rings is 1. The summed E-state index contributed by atoms with van der Waals surface area (Å²) in [5.41, 5.74) is -0.845. The van der Waals surface area contributed by atoms with E-state index in [0.29, 0.717) is 6.42 Å². The first-order valence-electron chi connectivity index (χ1n) is 5.19. The molecule has 2 N–H and O–H groups in total. The molecule has 7 heteroatoms. The van der Waals surface area contributed by atoms with E-state index >= 15 is 0 Å². The number of aliphatic hydroxyl groups is 1. The van der Waals surface area contributed by atoms with E-state index in [9.17, 15) is 13.5 Å². The molecule has 1 aliphatic heterocycles. The quantitative estimate of drug-likeness (QED) is 0.778. The van der Waals surface area contributed by atoms with Crippen molar-refractivity contribution in [3.8, 4) is 0 Å². The van der Waals surface area contributed by atoms with Gasteiger partial charge in [-0.15, -0.1) is 0 Å². The molecule has 0 spiro atoms. The number of nitrogens with one attached hydrogen (secondary N) is 1. The molecule has 0 amide bonds. The molecule has 1 aliphatic rings. The van der Waals surface area contributed by atoms with Crippen molar-refractivity contribution in [1.82, 2.24) is 14.3 Å². The molecular formula is C9H15N3O3S. The lowest BCUT2D eigenvalue weighted by molar-refractivity contribution is -0.0654. The zero-order chi connectivity index (χ0) is 11.8. The second-order valence-electron chi connectivity index (χ2n) is 4.16. The number of nitrogens with zero attached hydrogens (tertiary/aromatic N) is 2. The molecule has 1 fully saturated rings. The van der Waals surface area contributed by atoms with Crippen molar-refractivity contribution in [3.05, 3.63) is 12.5 Å². The van der Waals surface area contributed by atoms with Gasteiger partial charge in [-0.2, -0.15) is 4.31 Å². The van der Waals surface area contributed by atoms with Crippen LogP contribution < -0.4 is 0 Å². The van der Waals surface area contributed by atoms with Crippen molar-refractivity contribution in [2.24, 2.45) is 0 Å². The lowest BCUT2D eigenvalue weighted by atomic mass is 9.92. The fourth-order valence-electron chi connectivity index (χ4n) is 1.93. The van der Waals surface area contributed by atoms with Gasteiger partial charge in [0.2, 0.25) is 0 Å². The Morgan fingerprint density at radius 1 is 1.62 bits per heavy atom. The van der Waals surface area contributed by atoms with Crippen LogP contribution in [0, 0.1) is 0 Å². The number of β-amino-alcohol motifs (C(OH)–C–C–N with tert-alkyl or cyclic N) is 1. The van der Waals surface area contributed by atoms with Crippen LogP contribution in [-0.4, -0.2) is 46.5 Å². The maximum atomic E-state index is 11.9. The highest BCUT2D eigenvalue weighted by atomic mass is 32.2. The van der Waals surface area contributed by atoms with Crippen molar-refractivity contribution >= 4 is 10.0 Å². The second-order valence-corrected chi connectivity index (χ2v) is 6.07. The number of hydrogen-bond donors (Lipinski definition) is 2. The minimum absolute atomic E-state index is 0.0750. The Hall–Kier alpha value is -0.920. The van der Waals surface area contributed by atoms with E-state index in [1.807, 2.05) is 6.92 Å². The smallest absolute Gasteiger partial charge is 0.260 e. The van der Waals surface area contributed by atoms with Crippen LogP contribution in [0.5, 0.6) is 0 Å². The number of hydrogen-bond acceptors (Lipinski definition) is 4. The van der Waals surface area contributed by atoms with Crippen molar-refractivity contribution in [3.63, 3.8) is 0 Å². The average molecular weight is 245 g/mol. The van der Waals surface area contributed by atoms with Crippen molar-refractivity contribution in [1.29, 1.82) is 0 Å². The summed E-state index contributed by atoms with van der Waals surface area (Å²) in [4.78, 5) is 6.24. The first kappa shape index (κ1) is 11.6. The summed E-state index contributed by atoms with van der Waals surface area (Å²) in [5, 5.41) is 9.98. The third-order valence-electron chi connectivity index (χ3n) is 2.75. The van der Waals surface area contributed by atoms with E-state index < -0.39 is 15.6 Å². The molecule has 0 unspecified atom stereocenters. The fourth-order valence-corrected chi connectivity index (χ4v) is 3.42. The van der Waals surface area contributed by atoms with Gasteiger partial charge < -0.3 is 10.1 Å². The maximum Gasteiger partial charge on any atom is 0.260 e. The lowest BCUT2D eigenvalue weighted by Crippen LogP contribution is -2.63. The fraction of sp³-hybridized carbons (Fsp3) is 0.667. The molecule has 0 atom stereocenters. The molecule has 0 saturated carbocycles. The molecule has 0 aliphatic carbocycles. The summed E-state index contributed by atoms with van der Waals surface area (Å²) >= 11 is 0. The van der Waals surface area contributed by atoms with Gasteiger partial charge in [0.25, 0.3) is 10.0 Å². The topological polar surface area (TPSA) is 86.3 Å².